The summed E-state index contributed by atoms with van der Waals surface area (Å²) < 4.78 is 11.5. The number of hydrogen-bond acceptors (Lipinski definition) is 3. The molecular formula is C20H20O3. The molecule has 1 aliphatic heterocycles. The van der Waals surface area contributed by atoms with Crippen LogP contribution in [0.5, 0.6) is 11.5 Å². The molecule has 0 saturated carbocycles. The number of unbranched alkanes of at least 4 members (excludes halogenated alkanes) is 1. The number of fused-ring (bicyclic) bond motifs is 1. The highest BCUT2D eigenvalue weighted by Gasteiger charge is 2.27. The van der Waals surface area contributed by atoms with Gasteiger partial charge in [0.25, 0.3) is 0 Å². The first-order chi connectivity index (χ1) is 11.2. The van der Waals surface area contributed by atoms with E-state index in [0.29, 0.717) is 23.7 Å². The second-order valence-electron chi connectivity index (χ2n) is 5.68. The third-order valence-electron chi connectivity index (χ3n) is 3.78. The molecule has 0 bridgehead atoms. The Hall–Kier alpha value is -2.55. The number of hydrogen-bond donors (Lipinski definition) is 0. The van der Waals surface area contributed by atoms with Gasteiger partial charge in [0, 0.05) is 5.56 Å². The predicted octanol–water partition coefficient (Wildman–Crippen LogP) is 4.79. The van der Waals surface area contributed by atoms with E-state index < -0.39 is 0 Å². The molecule has 0 unspecified atom stereocenters. The lowest BCUT2D eigenvalue weighted by molar-refractivity contribution is 0.101. The van der Waals surface area contributed by atoms with Crippen LogP contribution in [0.4, 0.5) is 0 Å². The number of aryl methyl sites for hydroxylation is 1. The van der Waals surface area contributed by atoms with Crippen molar-refractivity contribution in [2.75, 3.05) is 6.61 Å². The zero-order valence-corrected chi connectivity index (χ0v) is 13.5. The first kappa shape index (κ1) is 15.3. The molecule has 0 saturated heterocycles. The van der Waals surface area contributed by atoms with Crippen molar-refractivity contribution in [1.82, 2.24) is 0 Å². The lowest BCUT2D eigenvalue weighted by Crippen LogP contribution is -2.01. The van der Waals surface area contributed by atoms with Crippen molar-refractivity contribution in [1.29, 1.82) is 0 Å². The summed E-state index contributed by atoms with van der Waals surface area (Å²) in [5, 5.41) is 0. The molecule has 0 aliphatic carbocycles. The number of carbonyl (C=O) groups excluding carboxylic acids is 1. The van der Waals surface area contributed by atoms with Gasteiger partial charge in [-0.15, -0.1) is 0 Å². The van der Waals surface area contributed by atoms with Gasteiger partial charge in [0.15, 0.2) is 5.76 Å². The van der Waals surface area contributed by atoms with E-state index in [1.807, 2.05) is 49.4 Å². The quantitative estimate of drug-likeness (QED) is 0.588. The third kappa shape index (κ3) is 3.29. The molecule has 3 nitrogen and oxygen atoms in total. The van der Waals surface area contributed by atoms with Crippen molar-refractivity contribution in [3.05, 3.63) is 64.9 Å². The Morgan fingerprint density at radius 1 is 1.17 bits per heavy atom. The van der Waals surface area contributed by atoms with Crippen LogP contribution < -0.4 is 9.47 Å². The van der Waals surface area contributed by atoms with Gasteiger partial charge in [-0.2, -0.15) is 0 Å². The van der Waals surface area contributed by atoms with Gasteiger partial charge >= 0.3 is 0 Å². The SMILES string of the molecule is CCCCOc1ccccc1/C=C1\Oc2ccc(C)cc2C1=O. The molecule has 0 fully saturated rings. The van der Waals surface area contributed by atoms with Crippen LogP contribution in [0.1, 0.15) is 41.3 Å². The highest BCUT2D eigenvalue weighted by Crippen LogP contribution is 2.33. The Labute approximate surface area is 136 Å². The Balaban J connectivity index is 1.87. The zero-order chi connectivity index (χ0) is 16.2. The standard InChI is InChI=1S/C20H20O3/c1-3-4-11-22-17-8-6-5-7-15(17)13-19-20(21)16-12-14(2)9-10-18(16)23-19/h5-10,12-13H,3-4,11H2,1-2H3/b19-13-. The largest absolute Gasteiger partial charge is 0.493 e. The minimum atomic E-state index is -0.0768. The number of rotatable bonds is 5. The maximum absolute atomic E-state index is 12.5. The summed E-state index contributed by atoms with van der Waals surface area (Å²) in [5.41, 5.74) is 2.53. The maximum atomic E-state index is 12.5. The second-order valence-corrected chi connectivity index (χ2v) is 5.68. The van der Waals surface area contributed by atoms with Gasteiger partial charge < -0.3 is 9.47 Å². The minimum Gasteiger partial charge on any atom is -0.493 e. The topological polar surface area (TPSA) is 35.5 Å². The first-order valence-corrected chi connectivity index (χ1v) is 7.96. The van der Waals surface area contributed by atoms with Gasteiger partial charge in [-0.1, -0.05) is 43.2 Å². The molecule has 1 aliphatic rings. The van der Waals surface area contributed by atoms with E-state index in [2.05, 4.69) is 6.92 Å². The molecule has 3 heteroatoms. The molecule has 2 aromatic carbocycles. The number of benzene rings is 2. The highest BCUT2D eigenvalue weighted by molar-refractivity contribution is 6.14. The van der Waals surface area contributed by atoms with Crippen LogP contribution in [-0.2, 0) is 0 Å². The molecule has 0 spiro atoms. The minimum absolute atomic E-state index is 0.0768. The summed E-state index contributed by atoms with van der Waals surface area (Å²) in [7, 11) is 0. The average Bonchev–Trinajstić information content (AvgIpc) is 2.85. The summed E-state index contributed by atoms with van der Waals surface area (Å²) in [6, 6.07) is 13.3. The number of Topliss-reactive ketones (excluding diaryl/α,β-unsaturated/α-hetero) is 1. The van der Waals surface area contributed by atoms with Gasteiger partial charge in [0.2, 0.25) is 5.78 Å². The van der Waals surface area contributed by atoms with Gasteiger partial charge in [-0.3, -0.25) is 4.79 Å². The third-order valence-corrected chi connectivity index (χ3v) is 3.78. The molecule has 0 atom stereocenters. The molecule has 0 radical (unpaired) electrons. The predicted molar refractivity (Wildman–Crippen MR) is 91.0 cm³/mol. The summed E-state index contributed by atoms with van der Waals surface area (Å²) in [6.07, 6.45) is 3.85. The van der Waals surface area contributed by atoms with E-state index in [9.17, 15) is 4.79 Å². The lowest BCUT2D eigenvalue weighted by atomic mass is 10.1. The number of para-hydroxylation sites is 1. The molecule has 2 aromatic rings. The smallest absolute Gasteiger partial charge is 0.231 e. The van der Waals surface area contributed by atoms with Gasteiger partial charge in [-0.05, 0) is 37.6 Å². The van der Waals surface area contributed by atoms with Crippen LogP contribution in [0, 0.1) is 6.92 Å². The molecule has 1 heterocycles. The number of ketones is 1. The number of ether oxygens (including phenoxy) is 2. The van der Waals surface area contributed by atoms with E-state index in [-0.39, 0.29) is 5.78 Å². The lowest BCUT2D eigenvalue weighted by Gasteiger charge is -2.08. The van der Waals surface area contributed by atoms with Gasteiger partial charge in [-0.25, -0.2) is 0 Å². The van der Waals surface area contributed by atoms with E-state index in [1.165, 1.54) is 0 Å². The van der Waals surface area contributed by atoms with Crippen molar-refractivity contribution in [3.8, 4) is 11.5 Å². The maximum Gasteiger partial charge on any atom is 0.231 e. The Morgan fingerprint density at radius 3 is 2.83 bits per heavy atom. The van der Waals surface area contributed by atoms with Crippen molar-refractivity contribution in [2.24, 2.45) is 0 Å². The number of carbonyl (C=O) groups is 1. The first-order valence-electron chi connectivity index (χ1n) is 7.96. The fraction of sp³-hybridized carbons (Fsp3) is 0.250. The fourth-order valence-electron chi connectivity index (χ4n) is 2.50. The van der Waals surface area contributed by atoms with Crippen LogP contribution in [0.25, 0.3) is 6.08 Å². The molecule has 23 heavy (non-hydrogen) atoms. The molecule has 0 aromatic heterocycles. The van der Waals surface area contributed by atoms with Crippen molar-refractivity contribution in [2.45, 2.75) is 26.7 Å². The van der Waals surface area contributed by atoms with Crippen LogP contribution in [-0.4, -0.2) is 12.4 Å². The average molecular weight is 308 g/mol. The summed E-state index contributed by atoms with van der Waals surface area (Å²) in [6.45, 7) is 4.76. The van der Waals surface area contributed by atoms with Crippen LogP contribution in [0.2, 0.25) is 0 Å². The highest BCUT2D eigenvalue weighted by atomic mass is 16.5. The monoisotopic (exact) mass is 308 g/mol. The van der Waals surface area contributed by atoms with Crippen LogP contribution >= 0.6 is 0 Å². The summed E-state index contributed by atoms with van der Waals surface area (Å²) in [5.74, 6) is 1.66. The molecule has 118 valence electrons. The van der Waals surface area contributed by atoms with E-state index >= 15 is 0 Å². The molecule has 0 amide bonds. The second kappa shape index (κ2) is 6.69. The van der Waals surface area contributed by atoms with Gasteiger partial charge in [0.1, 0.15) is 11.5 Å². The Morgan fingerprint density at radius 2 is 2.00 bits per heavy atom. The van der Waals surface area contributed by atoms with Crippen molar-refractivity contribution < 1.29 is 14.3 Å². The molecular weight excluding hydrogens is 288 g/mol. The van der Waals surface area contributed by atoms with Crippen molar-refractivity contribution >= 4 is 11.9 Å². The normalized spacial score (nSPS) is 14.7. The van der Waals surface area contributed by atoms with E-state index in [4.69, 9.17) is 9.47 Å². The van der Waals surface area contributed by atoms with Crippen LogP contribution in [0.3, 0.4) is 0 Å². The summed E-state index contributed by atoms with van der Waals surface area (Å²) >= 11 is 0. The molecule has 0 N–H and O–H groups in total. The van der Waals surface area contributed by atoms with E-state index in [0.717, 1.165) is 29.7 Å². The molecule has 3 rings (SSSR count). The number of allylic oxidation sites excluding steroid dienone is 1. The Kier molecular flexibility index (Phi) is 4.47. The van der Waals surface area contributed by atoms with Crippen LogP contribution in [0.15, 0.2) is 48.2 Å². The Bertz CT molecular complexity index is 759. The summed E-state index contributed by atoms with van der Waals surface area (Å²) in [4.78, 5) is 12.5. The van der Waals surface area contributed by atoms with Crippen molar-refractivity contribution in [3.63, 3.8) is 0 Å². The van der Waals surface area contributed by atoms with E-state index in [1.54, 1.807) is 6.08 Å². The van der Waals surface area contributed by atoms with Gasteiger partial charge in [0.05, 0.1) is 12.2 Å². The fourth-order valence-corrected chi connectivity index (χ4v) is 2.50. The zero-order valence-electron chi connectivity index (χ0n) is 13.5.